The van der Waals surface area contributed by atoms with Crippen LogP contribution in [-0.4, -0.2) is 19.2 Å². The number of halogens is 2. The molecule has 2 aromatic carbocycles. The molecule has 2 aromatic rings. The zero-order chi connectivity index (χ0) is 18.2. The number of hydrogen-bond acceptors (Lipinski definition) is 4. The lowest BCUT2D eigenvalue weighted by atomic mass is 10.2. The SMILES string of the molecule is CCOc1ccc(/C=C/C(=O)Oc2ccc(Br)cc2Br)cc1OCC. The zero-order valence-corrected chi connectivity index (χ0v) is 17.1. The van der Waals surface area contributed by atoms with Crippen LogP contribution in [0.3, 0.4) is 0 Å². The minimum absolute atomic E-state index is 0.458. The average Bonchev–Trinajstić information content (AvgIpc) is 2.58. The number of carbonyl (C=O) groups excluding carboxylic acids is 1. The first-order valence-electron chi connectivity index (χ1n) is 7.78. The van der Waals surface area contributed by atoms with Gasteiger partial charge >= 0.3 is 5.97 Å². The first-order chi connectivity index (χ1) is 12.0. The Kier molecular flexibility index (Phi) is 7.52. The second-order valence-corrected chi connectivity index (χ2v) is 6.67. The molecule has 0 aliphatic heterocycles. The van der Waals surface area contributed by atoms with Gasteiger partial charge in [0.1, 0.15) is 5.75 Å². The molecule has 0 amide bonds. The fraction of sp³-hybridized carbons (Fsp3) is 0.211. The molecule has 0 fully saturated rings. The molecular formula is C19H18Br2O4. The van der Waals surface area contributed by atoms with Crippen molar-refractivity contribution in [2.45, 2.75) is 13.8 Å². The summed E-state index contributed by atoms with van der Waals surface area (Å²) < 4.78 is 18.0. The highest BCUT2D eigenvalue weighted by Gasteiger charge is 2.07. The van der Waals surface area contributed by atoms with Crippen LogP contribution >= 0.6 is 31.9 Å². The van der Waals surface area contributed by atoms with Gasteiger partial charge in [0.15, 0.2) is 11.5 Å². The van der Waals surface area contributed by atoms with Crippen molar-refractivity contribution in [3.8, 4) is 17.2 Å². The van der Waals surface area contributed by atoms with Crippen molar-refractivity contribution in [1.29, 1.82) is 0 Å². The molecule has 0 aliphatic rings. The smallest absolute Gasteiger partial charge is 0.336 e. The molecule has 0 bridgehead atoms. The Morgan fingerprint density at radius 2 is 1.64 bits per heavy atom. The van der Waals surface area contributed by atoms with E-state index in [0.717, 1.165) is 10.0 Å². The molecule has 132 valence electrons. The summed E-state index contributed by atoms with van der Waals surface area (Å²) in [4.78, 5) is 12.0. The molecule has 0 atom stereocenters. The van der Waals surface area contributed by atoms with Gasteiger partial charge in [0.25, 0.3) is 0 Å². The van der Waals surface area contributed by atoms with Crippen LogP contribution in [0.2, 0.25) is 0 Å². The maximum absolute atomic E-state index is 12.0. The quantitative estimate of drug-likeness (QED) is 0.299. The summed E-state index contributed by atoms with van der Waals surface area (Å²) in [6.45, 7) is 4.92. The molecule has 0 spiro atoms. The van der Waals surface area contributed by atoms with Crippen LogP contribution in [0.1, 0.15) is 19.4 Å². The molecule has 4 nitrogen and oxygen atoms in total. The van der Waals surface area contributed by atoms with Crippen molar-refractivity contribution in [1.82, 2.24) is 0 Å². The van der Waals surface area contributed by atoms with Crippen molar-refractivity contribution >= 4 is 43.9 Å². The van der Waals surface area contributed by atoms with E-state index in [2.05, 4.69) is 31.9 Å². The van der Waals surface area contributed by atoms with Gasteiger partial charge in [0.05, 0.1) is 17.7 Å². The number of ether oxygens (including phenoxy) is 3. The van der Waals surface area contributed by atoms with Crippen LogP contribution in [0, 0.1) is 0 Å². The van der Waals surface area contributed by atoms with Crippen molar-refractivity contribution < 1.29 is 19.0 Å². The highest BCUT2D eigenvalue weighted by molar-refractivity contribution is 9.11. The van der Waals surface area contributed by atoms with Gasteiger partial charge in [-0.05, 0) is 71.7 Å². The number of esters is 1. The van der Waals surface area contributed by atoms with Crippen LogP contribution in [0.15, 0.2) is 51.4 Å². The van der Waals surface area contributed by atoms with E-state index in [-0.39, 0.29) is 0 Å². The van der Waals surface area contributed by atoms with E-state index in [1.165, 1.54) is 6.08 Å². The summed E-state index contributed by atoms with van der Waals surface area (Å²) in [5.74, 6) is 1.33. The van der Waals surface area contributed by atoms with Gasteiger partial charge in [0, 0.05) is 10.5 Å². The van der Waals surface area contributed by atoms with Gasteiger partial charge in [-0.3, -0.25) is 0 Å². The Labute approximate surface area is 164 Å². The van der Waals surface area contributed by atoms with Gasteiger partial charge in [0.2, 0.25) is 0 Å². The summed E-state index contributed by atoms with van der Waals surface area (Å²) in [6.07, 6.45) is 3.05. The fourth-order valence-electron chi connectivity index (χ4n) is 2.04. The Balaban J connectivity index is 2.09. The minimum atomic E-state index is -0.463. The summed E-state index contributed by atoms with van der Waals surface area (Å²) in [6, 6.07) is 10.8. The third-order valence-electron chi connectivity index (χ3n) is 3.08. The largest absolute Gasteiger partial charge is 0.490 e. The third kappa shape index (κ3) is 5.90. The van der Waals surface area contributed by atoms with Crippen molar-refractivity contribution in [2.75, 3.05) is 13.2 Å². The number of hydrogen-bond donors (Lipinski definition) is 0. The summed E-state index contributed by atoms with van der Waals surface area (Å²) in [7, 11) is 0. The van der Waals surface area contributed by atoms with Gasteiger partial charge < -0.3 is 14.2 Å². The molecule has 0 radical (unpaired) electrons. The lowest BCUT2D eigenvalue weighted by Crippen LogP contribution is -2.04. The third-order valence-corrected chi connectivity index (χ3v) is 4.20. The molecule has 0 N–H and O–H groups in total. The first kappa shape index (κ1) is 19.5. The lowest BCUT2D eigenvalue weighted by molar-refractivity contribution is -0.128. The van der Waals surface area contributed by atoms with E-state index in [9.17, 15) is 4.79 Å². The highest BCUT2D eigenvalue weighted by atomic mass is 79.9. The Bertz CT molecular complexity index is 772. The molecular weight excluding hydrogens is 452 g/mol. The van der Waals surface area contributed by atoms with Crippen LogP contribution in [0.25, 0.3) is 6.08 Å². The second kappa shape index (κ2) is 9.63. The molecule has 0 saturated heterocycles. The summed E-state index contributed by atoms with van der Waals surface area (Å²) >= 11 is 6.71. The molecule has 0 aliphatic carbocycles. The topological polar surface area (TPSA) is 44.8 Å². The van der Waals surface area contributed by atoms with Gasteiger partial charge in [-0.15, -0.1) is 0 Å². The summed E-state index contributed by atoms with van der Waals surface area (Å²) in [5, 5.41) is 0. The molecule has 0 heterocycles. The van der Waals surface area contributed by atoms with E-state index in [0.29, 0.717) is 34.9 Å². The molecule has 0 aromatic heterocycles. The number of benzene rings is 2. The zero-order valence-electron chi connectivity index (χ0n) is 13.9. The van der Waals surface area contributed by atoms with E-state index in [4.69, 9.17) is 14.2 Å². The maximum Gasteiger partial charge on any atom is 0.336 e. The number of rotatable bonds is 7. The predicted molar refractivity (Wildman–Crippen MR) is 105 cm³/mol. The number of carbonyl (C=O) groups is 1. The minimum Gasteiger partial charge on any atom is -0.490 e. The molecule has 25 heavy (non-hydrogen) atoms. The Morgan fingerprint density at radius 1 is 0.960 bits per heavy atom. The maximum atomic E-state index is 12.0. The van der Waals surface area contributed by atoms with E-state index >= 15 is 0 Å². The van der Waals surface area contributed by atoms with Crippen LogP contribution in [0.5, 0.6) is 17.2 Å². The predicted octanol–water partition coefficient (Wildman–Crippen LogP) is 5.63. The highest BCUT2D eigenvalue weighted by Crippen LogP contribution is 2.30. The fourth-order valence-corrected chi connectivity index (χ4v) is 3.16. The standard InChI is InChI=1S/C19H18Br2O4/c1-3-23-17-8-5-13(11-18(17)24-4-2)6-10-19(22)25-16-9-7-14(20)12-15(16)21/h5-12H,3-4H2,1-2H3/b10-6+. The van der Waals surface area contributed by atoms with Gasteiger partial charge in [-0.2, -0.15) is 0 Å². The van der Waals surface area contributed by atoms with E-state index in [1.54, 1.807) is 18.2 Å². The first-order valence-corrected chi connectivity index (χ1v) is 9.36. The average molecular weight is 470 g/mol. The van der Waals surface area contributed by atoms with Crippen LogP contribution in [0.4, 0.5) is 0 Å². The molecule has 2 rings (SSSR count). The monoisotopic (exact) mass is 468 g/mol. The van der Waals surface area contributed by atoms with Crippen molar-refractivity contribution in [2.24, 2.45) is 0 Å². The van der Waals surface area contributed by atoms with E-state index in [1.807, 2.05) is 38.1 Å². The van der Waals surface area contributed by atoms with E-state index < -0.39 is 5.97 Å². The van der Waals surface area contributed by atoms with Gasteiger partial charge in [-0.1, -0.05) is 22.0 Å². The summed E-state index contributed by atoms with van der Waals surface area (Å²) in [5.41, 5.74) is 0.818. The van der Waals surface area contributed by atoms with Crippen LogP contribution < -0.4 is 14.2 Å². The van der Waals surface area contributed by atoms with Crippen LogP contribution in [-0.2, 0) is 4.79 Å². The lowest BCUT2D eigenvalue weighted by Gasteiger charge is -2.11. The second-order valence-electron chi connectivity index (χ2n) is 4.90. The van der Waals surface area contributed by atoms with Crippen molar-refractivity contribution in [3.05, 3.63) is 57.0 Å². The van der Waals surface area contributed by atoms with Gasteiger partial charge in [-0.25, -0.2) is 4.79 Å². The Morgan fingerprint density at radius 3 is 2.32 bits per heavy atom. The Hall–Kier alpha value is -1.79. The molecule has 6 heteroatoms. The van der Waals surface area contributed by atoms with Crippen molar-refractivity contribution in [3.63, 3.8) is 0 Å². The molecule has 0 unspecified atom stereocenters. The normalized spacial score (nSPS) is 10.7. The molecule has 0 saturated carbocycles.